The van der Waals surface area contributed by atoms with Crippen LogP contribution in [0.3, 0.4) is 0 Å². The van der Waals surface area contributed by atoms with Gasteiger partial charge in [-0.3, -0.25) is 4.90 Å². The third-order valence-electron chi connectivity index (χ3n) is 7.83. The van der Waals surface area contributed by atoms with Crippen LogP contribution >= 0.6 is 12.4 Å². The van der Waals surface area contributed by atoms with E-state index in [4.69, 9.17) is 9.47 Å². The molecule has 0 aliphatic carbocycles. The van der Waals surface area contributed by atoms with E-state index in [9.17, 15) is 4.79 Å². The molecular formula is C33H38ClFN8O3Si. The van der Waals surface area contributed by atoms with Gasteiger partial charge in [0.2, 0.25) is 0 Å². The van der Waals surface area contributed by atoms with Crippen LogP contribution in [0.1, 0.15) is 16.8 Å². The summed E-state index contributed by atoms with van der Waals surface area (Å²) < 4.78 is 29.6. The number of halogens is 2. The molecule has 1 aliphatic rings. The minimum absolute atomic E-state index is 0. The Hall–Kier alpha value is -4.59. The molecule has 0 radical (unpaired) electrons. The first-order chi connectivity index (χ1) is 22.1. The van der Waals surface area contributed by atoms with Crippen molar-refractivity contribution in [3.05, 3.63) is 102 Å². The molecule has 6 rings (SSSR count). The molecule has 0 saturated carbocycles. The van der Waals surface area contributed by atoms with Crippen LogP contribution in [-0.4, -0.2) is 63.9 Å². The van der Waals surface area contributed by atoms with Crippen molar-refractivity contribution in [1.82, 2.24) is 35.3 Å². The van der Waals surface area contributed by atoms with Gasteiger partial charge >= 0.3 is 6.09 Å². The second kappa shape index (κ2) is 14.4. The summed E-state index contributed by atoms with van der Waals surface area (Å²) in [6, 6.07) is 20.4. The molecule has 5 aromatic rings. The van der Waals surface area contributed by atoms with Gasteiger partial charge in [0.05, 0.1) is 49.6 Å². The van der Waals surface area contributed by atoms with Crippen LogP contribution in [-0.2, 0) is 30.9 Å². The van der Waals surface area contributed by atoms with Gasteiger partial charge in [-0.15, -0.1) is 22.6 Å². The molecule has 1 atom stereocenters. The highest BCUT2D eigenvalue weighted by Gasteiger charge is 2.33. The lowest BCUT2D eigenvalue weighted by Crippen LogP contribution is -2.38. The van der Waals surface area contributed by atoms with Crippen molar-refractivity contribution in [2.75, 3.05) is 18.6 Å². The number of anilines is 1. The number of aromatic nitrogens is 6. The lowest BCUT2D eigenvalue weighted by atomic mass is 10.0. The van der Waals surface area contributed by atoms with Crippen molar-refractivity contribution >= 4 is 37.6 Å². The molecule has 0 spiro atoms. The first-order valence-corrected chi connectivity index (χ1v) is 18.6. The molecule has 3 aromatic carbocycles. The van der Waals surface area contributed by atoms with Crippen LogP contribution in [0.2, 0.25) is 19.6 Å². The Bertz CT molecular complexity index is 1810. The predicted octanol–water partition coefficient (Wildman–Crippen LogP) is 5.01. The van der Waals surface area contributed by atoms with Crippen LogP contribution in [0.25, 0.3) is 11.1 Å². The number of benzene rings is 3. The summed E-state index contributed by atoms with van der Waals surface area (Å²) in [6.45, 7) is 9.12. The molecule has 3 heterocycles. The summed E-state index contributed by atoms with van der Waals surface area (Å²) in [7, 11) is 0.0612. The van der Waals surface area contributed by atoms with Gasteiger partial charge in [0, 0.05) is 24.8 Å². The first-order valence-electron chi connectivity index (χ1n) is 15.1. The molecule has 1 amide bonds. The van der Waals surface area contributed by atoms with Gasteiger partial charge in [-0.2, -0.15) is 0 Å². The van der Waals surface area contributed by atoms with Crippen molar-refractivity contribution in [3.8, 4) is 16.9 Å². The standard InChI is InChI=1S/C33H37FN8O3Si.ClH/c1-44-28-12-7-24(8-13-28)18-40-19-26(36-38-40)17-35-16-23-5-9-25(10-6-23)30-14-11-27(15-31(30)34)42-21-29(45-33(42)43)20-41-22-32(37-39-41)46(2,3)4;/h5-15,19,22,29,35H,16-18,20-21H2,1-4H3;1H. The number of cyclic esters (lactones) is 1. The maximum atomic E-state index is 15.3. The molecule has 47 heavy (non-hydrogen) atoms. The van der Waals surface area contributed by atoms with Crippen LogP contribution in [0.5, 0.6) is 5.75 Å². The molecule has 1 fully saturated rings. The van der Waals surface area contributed by atoms with Gasteiger partial charge in [-0.25, -0.2) is 18.5 Å². The molecule has 1 saturated heterocycles. The topological polar surface area (TPSA) is 112 Å². The van der Waals surface area contributed by atoms with E-state index in [1.807, 2.05) is 60.9 Å². The smallest absolute Gasteiger partial charge is 0.414 e. The Balaban J connectivity index is 0.00000433. The largest absolute Gasteiger partial charge is 0.497 e. The number of hydrogen-bond donors (Lipinski definition) is 1. The van der Waals surface area contributed by atoms with E-state index < -0.39 is 26.1 Å². The summed E-state index contributed by atoms with van der Waals surface area (Å²) in [5.74, 6) is 0.410. The second-order valence-electron chi connectivity index (χ2n) is 12.4. The summed E-state index contributed by atoms with van der Waals surface area (Å²) in [4.78, 5) is 14.1. The number of methoxy groups -OCH3 is 1. The number of rotatable bonds is 12. The lowest BCUT2D eigenvalue weighted by Gasteiger charge is -2.15. The summed E-state index contributed by atoms with van der Waals surface area (Å²) in [6.07, 6.45) is 2.95. The number of carbonyl (C=O) groups excluding carboxylic acids is 1. The third kappa shape index (κ3) is 8.23. The zero-order valence-electron chi connectivity index (χ0n) is 26.8. The Kier molecular flexibility index (Phi) is 10.4. The highest BCUT2D eigenvalue weighted by Crippen LogP contribution is 2.29. The highest BCUT2D eigenvalue weighted by molar-refractivity contribution is 6.88. The summed E-state index contributed by atoms with van der Waals surface area (Å²) in [5.41, 5.74) is 4.68. The summed E-state index contributed by atoms with van der Waals surface area (Å²) in [5, 5.41) is 21.4. The van der Waals surface area contributed by atoms with Crippen molar-refractivity contribution in [3.63, 3.8) is 0 Å². The Morgan fingerprint density at radius 3 is 2.34 bits per heavy atom. The Morgan fingerprint density at radius 2 is 1.66 bits per heavy atom. The Labute approximate surface area is 280 Å². The molecule has 1 unspecified atom stereocenters. The molecular weight excluding hydrogens is 639 g/mol. The highest BCUT2D eigenvalue weighted by atomic mass is 35.5. The fraction of sp³-hybridized carbons (Fsp3) is 0.303. The average molecular weight is 677 g/mol. The van der Waals surface area contributed by atoms with Crippen LogP contribution in [0.4, 0.5) is 14.9 Å². The van der Waals surface area contributed by atoms with E-state index >= 15 is 4.39 Å². The van der Waals surface area contributed by atoms with Crippen molar-refractivity contribution < 1.29 is 18.7 Å². The van der Waals surface area contributed by atoms with Crippen molar-refractivity contribution in [2.45, 2.75) is 51.9 Å². The molecule has 1 aliphatic heterocycles. The van der Waals surface area contributed by atoms with Gasteiger partial charge in [0.1, 0.15) is 25.7 Å². The molecule has 1 N–H and O–H groups in total. The number of amides is 1. The maximum absolute atomic E-state index is 15.3. The minimum atomic E-state index is -1.59. The monoisotopic (exact) mass is 676 g/mol. The quantitative estimate of drug-likeness (QED) is 0.184. The molecule has 2 aromatic heterocycles. The number of nitrogens with zero attached hydrogens (tertiary/aromatic N) is 7. The van der Waals surface area contributed by atoms with Gasteiger partial charge in [0.25, 0.3) is 0 Å². The van der Waals surface area contributed by atoms with Gasteiger partial charge in [-0.05, 0) is 47.0 Å². The van der Waals surface area contributed by atoms with Gasteiger partial charge in [0.15, 0.2) is 0 Å². The zero-order valence-corrected chi connectivity index (χ0v) is 28.6. The zero-order chi connectivity index (χ0) is 32.3. The molecule has 0 bridgehead atoms. The SMILES string of the molecule is COc1ccc(Cn2cc(CNCc3ccc(-c4ccc(N5CC(Cn6cc([Si](C)(C)C)nn6)OC5=O)cc4F)cc3)nn2)cc1.Cl. The van der Waals surface area contributed by atoms with E-state index in [2.05, 4.69) is 45.6 Å². The van der Waals surface area contributed by atoms with E-state index in [-0.39, 0.29) is 12.4 Å². The lowest BCUT2D eigenvalue weighted by molar-refractivity contribution is 0.129. The third-order valence-corrected chi connectivity index (χ3v) is 9.59. The molecule has 14 heteroatoms. The normalized spacial score (nSPS) is 14.6. The van der Waals surface area contributed by atoms with Crippen LogP contribution in [0.15, 0.2) is 79.1 Å². The van der Waals surface area contributed by atoms with E-state index in [1.54, 1.807) is 28.6 Å². The van der Waals surface area contributed by atoms with Crippen molar-refractivity contribution in [1.29, 1.82) is 0 Å². The second-order valence-corrected chi connectivity index (χ2v) is 17.4. The first kappa shape index (κ1) is 33.8. The van der Waals surface area contributed by atoms with E-state index in [0.717, 1.165) is 33.5 Å². The van der Waals surface area contributed by atoms with Gasteiger partial charge in [-0.1, -0.05) is 66.5 Å². The van der Waals surface area contributed by atoms with Crippen LogP contribution < -0.4 is 20.3 Å². The fourth-order valence-electron chi connectivity index (χ4n) is 5.23. The van der Waals surface area contributed by atoms with Gasteiger partial charge < -0.3 is 14.8 Å². The Morgan fingerprint density at radius 1 is 0.936 bits per heavy atom. The summed E-state index contributed by atoms with van der Waals surface area (Å²) >= 11 is 0. The number of ether oxygens (including phenoxy) is 2. The van der Waals surface area contributed by atoms with E-state index in [1.165, 1.54) is 11.0 Å². The molecule has 246 valence electrons. The predicted molar refractivity (Wildman–Crippen MR) is 182 cm³/mol. The molecule has 11 nitrogen and oxygen atoms in total. The van der Waals surface area contributed by atoms with Crippen LogP contribution in [0, 0.1) is 5.82 Å². The average Bonchev–Trinajstić information content (AvgIpc) is 3.78. The fourth-order valence-corrected chi connectivity index (χ4v) is 6.11. The van der Waals surface area contributed by atoms with E-state index in [0.29, 0.717) is 44.0 Å². The van der Waals surface area contributed by atoms with Crippen molar-refractivity contribution in [2.24, 2.45) is 0 Å². The number of nitrogens with one attached hydrogen (secondary N) is 1. The minimum Gasteiger partial charge on any atom is -0.497 e. The number of hydrogen-bond acceptors (Lipinski definition) is 8. The maximum Gasteiger partial charge on any atom is 0.414 e. The number of carbonyl (C=O) groups is 1.